The zero-order valence-corrected chi connectivity index (χ0v) is 9.70. The van der Waals surface area contributed by atoms with Gasteiger partial charge in [0, 0.05) is 11.9 Å². The van der Waals surface area contributed by atoms with Crippen molar-refractivity contribution in [1.82, 2.24) is 0 Å². The third kappa shape index (κ3) is 14200. The summed E-state index contributed by atoms with van der Waals surface area (Å²) in [5.41, 5.74) is 0. The van der Waals surface area contributed by atoms with Crippen molar-refractivity contribution in [3.8, 4) is 0 Å². The van der Waals surface area contributed by atoms with Crippen molar-refractivity contribution in [1.29, 1.82) is 0 Å². The summed E-state index contributed by atoms with van der Waals surface area (Å²) in [6.45, 7) is 1.94. The van der Waals surface area contributed by atoms with Gasteiger partial charge < -0.3 is 19.8 Å². The van der Waals surface area contributed by atoms with Crippen LogP contribution in [0.2, 0.25) is 0 Å². The first-order chi connectivity index (χ1) is 3.46. The molecule has 0 atom stereocenters. The summed E-state index contributed by atoms with van der Waals surface area (Å²) in [4.78, 5) is 17.8. The van der Waals surface area contributed by atoms with Crippen LogP contribution in [-0.4, -0.2) is 39.2 Å². The van der Waals surface area contributed by atoms with Gasteiger partial charge in [-0.1, -0.05) is 0 Å². The van der Waals surface area contributed by atoms with E-state index in [1.165, 1.54) is 0 Å². The Morgan fingerprint density at radius 3 is 1.00 bits per heavy atom. The van der Waals surface area contributed by atoms with Crippen LogP contribution in [0.25, 0.3) is 0 Å². The van der Waals surface area contributed by atoms with E-state index in [-0.39, 0.29) is 27.3 Å². The maximum absolute atomic E-state index is 8.89. The molecule has 0 unspecified atom stereocenters. The molecule has 0 saturated heterocycles. The van der Waals surface area contributed by atoms with E-state index in [4.69, 9.17) is 19.8 Å². The number of aliphatic carboxylic acids is 2. The van der Waals surface area contributed by atoms with Gasteiger partial charge in [-0.15, -0.1) is 0 Å². The Balaban J connectivity index is -0.0000000720. The second kappa shape index (κ2) is 10.8. The molecule has 0 spiro atoms. The van der Waals surface area contributed by atoms with E-state index in [9.17, 15) is 0 Å². The minimum atomic E-state index is -1.08. The van der Waals surface area contributed by atoms with Gasteiger partial charge in [0.05, 0.1) is 0 Å². The van der Waals surface area contributed by atoms with Gasteiger partial charge in [-0.05, 0) is 13.8 Å². The number of carboxylic acid groups (broad SMARTS) is 2. The third-order valence-corrected chi connectivity index (χ3v) is 0. The number of carbonyl (C=O) groups is 2. The van der Waals surface area contributed by atoms with Gasteiger partial charge in [0.2, 0.25) is 0 Å². The summed E-state index contributed by atoms with van der Waals surface area (Å²) >= 11 is 0. The molecule has 0 aliphatic carbocycles. The summed E-state index contributed by atoms with van der Waals surface area (Å²) in [5.74, 6) is -2.17. The van der Waals surface area contributed by atoms with E-state index in [2.05, 4.69) is 0 Å². The fraction of sp³-hybridized carbons (Fsp3) is 0.500. The maximum Gasteiger partial charge on any atom is 2.00 e. The fourth-order valence-corrected chi connectivity index (χ4v) is 0. The van der Waals surface area contributed by atoms with Crippen LogP contribution < -0.4 is 10.2 Å². The molecule has 0 heterocycles. The van der Waals surface area contributed by atoms with Gasteiger partial charge in [0.15, 0.2) is 0 Å². The maximum atomic E-state index is 8.89. The molecule has 0 N–H and O–H groups in total. The summed E-state index contributed by atoms with van der Waals surface area (Å²) in [7, 11) is 0. The van der Waals surface area contributed by atoms with Crippen LogP contribution in [0.4, 0.5) is 0 Å². The van der Waals surface area contributed by atoms with Crippen LogP contribution in [0.15, 0.2) is 0 Å². The molecule has 0 rings (SSSR count). The predicted octanol–water partition coefficient (Wildman–Crippen LogP) is -2.87. The van der Waals surface area contributed by atoms with Crippen molar-refractivity contribution >= 4 is 39.2 Å². The molecule has 0 bridgehead atoms. The first-order valence-electron chi connectivity index (χ1n) is 1.82. The first-order valence-corrected chi connectivity index (χ1v) is 1.82. The average molecular weight is 322 g/mol. The van der Waals surface area contributed by atoms with Gasteiger partial charge >= 0.3 is 27.3 Å². The largest absolute Gasteiger partial charge is 2.00 e. The molecule has 0 aromatic heterocycles. The van der Waals surface area contributed by atoms with Crippen LogP contribution in [0, 0.1) is 0 Å². The van der Waals surface area contributed by atoms with Crippen molar-refractivity contribution in [3.63, 3.8) is 0 Å². The second-order valence-corrected chi connectivity index (χ2v) is 0.983. The van der Waals surface area contributed by atoms with E-state index in [1.54, 1.807) is 0 Å². The Hall–Kier alpha value is -0.138. The summed E-state index contributed by atoms with van der Waals surface area (Å²) in [6.07, 6.45) is 0. The van der Waals surface area contributed by atoms with Gasteiger partial charge in [0.25, 0.3) is 0 Å². The minimum absolute atomic E-state index is 0. The summed E-state index contributed by atoms with van der Waals surface area (Å²) in [6, 6.07) is 0. The Bertz CT molecular complexity index is 70.6. The second-order valence-electron chi connectivity index (χ2n) is 0.983. The molecule has 4 nitrogen and oxygen atoms in total. The Morgan fingerprint density at radius 2 is 1.00 bits per heavy atom. The number of hydrogen-bond acceptors (Lipinski definition) is 4. The molecule has 0 aliphatic heterocycles. The third-order valence-electron chi connectivity index (χ3n) is 0. The average Bonchev–Trinajstić information content (AvgIpc) is 1.25. The molecular formula is C4H6O4Tl. The van der Waals surface area contributed by atoms with Crippen LogP contribution in [-0.2, 0) is 9.59 Å². The molecule has 0 saturated carbocycles. The van der Waals surface area contributed by atoms with Crippen LogP contribution >= 0.6 is 0 Å². The van der Waals surface area contributed by atoms with Crippen molar-refractivity contribution in [2.45, 2.75) is 13.8 Å². The van der Waals surface area contributed by atoms with E-state index >= 15 is 0 Å². The van der Waals surface area contributed by atoms with Gasteiger partial charge in [-0.3, -0.25) is 0 Å². The Morgan fingerprint density at radius 1 is 1.00 bits per heavy atom. The molecule has 0 aliphatic rings. The Kier molecular flexibility index (Phi) is 19.1. The van der Waals surface area contributed by atoms with E-state index in [1.807, 2.05) is 0 Å². The van der Waals surface area contributed by atoms with Crippen molar-refractivity contribution in [3.05, 3.63) is 0 Å². The van der Waals surface area contributed by atoms with Crippen LogP contribution in [0.1, 0.15) is 13.8 Å². The number of rotatable bonds is 0. The molecule has 0 aromatic rings. The van der Waals surface area contributed by atoms with Gasteiger partial charge in [-0.25, -0.2) is 0 Å². The van der Waals surface area contributed by atoms with Crippen molar-refractivity contribution in [2.24, 2.45) is 0 Å². The molecular weight excluding hydrogens is 316 g/mol. The molecule has 0 fully saturated rings. The quantitative estimate of drug-likeness (QED) is 0.449. The smallest absolute Gasteiger partial charge is 0.550 e. The monoisotopic (exact) mass is 323 g/mol. The van der Waals surface area contributed by atoms with E-state index in [0.29, 0.717) is 0 Å². The first kappa shape index (κ1) is 15.9. The SMILES string of the molecule is CC(=O)[O-].CC(=O)[O-].[Tl+2]. The predicted molar refractivity (Wildman–Crippen MR) is 27.1 cm³/mol. The van der Waals surface area contributed by atoms with Gasteiger partial charge in [0.1, 0.15) is 0 Å². The number of hydrogen-bond donors (Lipinski definition) is 0. The van der Waals surface area contributed by atoms with Crippen LogP contribution in [0.5, 0.6) is 0 Å². The topological polar surface area (TPSA) is 80.3 Å². The molecule has 0 amide bonds. The normalized spacial score (nSPS) is 5.56. The standard InChI is InChI=1S/2C2H4O2.Tl/c2*1-2(3)4;/h2*1H3,(H,3,4);/q;;+2/p-2. The molecule has 49 valence electrons. The van der Waals surface area contributed by atoms with E-state index in [0.717, 1.165) is 13.8 Å². The molecule has 0 aromatic carbocycles. The molecule has 5 heteroatoms. The molecule has 1 radical (unpaired) electrons. The number of carbonyl (C=O) groups excluding carboxylic acids is 2. The van der Waals surface area contributed by atoms with Crippen LogP contribution in [0.3, 0.4) is 0 Å². The summed E-state index contributed by atoms with van der Waals surface area (Å²) in [5, 5.41) is 17.8. The fourth-order valence-electron chi connectivity index (χ4n) is 0. The Labute approximate surface area is 73.0 Å². The number of carboxylic acids is 2. The molecule has 9 heavy (non-hydrogen) atoms. The zero-order chi connectivity index (χ0) is 7.15. The van der Waals surface area contributed by atoms with Gasteiger partial charge in [-0.2, -0.15) is 0 Å². The minimum Gasteiger partial charge on any atom is -0.550 e. The van der Waals surface area contributed by atoms with Crippen molar-refractivity contribution < 1.29 is 19.8 Å². The van der Waals surface area contributed by atoms with E-state index < -0.39 is 11.9 Å². The zero-order valence-electron chi connectivity index (χ0n) is 5.21. The summed E-state index contributed by atoms with van der Waals surface area (Å²) < 4.78 is 0. The van der Waals surface area contributed by atoms with Crippen molar-refractivity contribution in [2.75, 3.05) is 0 Å².